The van der Waals surface area contributed by atoms with Crippen molar-refractivity contribution in [2.24, 2.45) is 0 Å². The lowest BCUT2D eigenvalue weighted by molar-refractivity contribution is -0.118. The summed E-state index contributed by atoms with van der Waals surface area (Å²) in [7, 11) is 0. The Bertz CT molecular complexity index is 1660. The third-order valence-electron chi connectivity index (χ3n) is 6.77. The standard InChI is InChI=1S/C33H28N4O3S2/c1-22-10-16-26(17-11-22)42-30-19-18-28(40-30)32-31(27-9-5-6-20-34-27)36-33(41)37(32)24-14-12-23(13-15-24)35-29(38)21-39-25-7-3-2-4-8-25/h2-20,31-32H,21H2,1H3,(H,35,38)(H,36,41)/t31-,32-/m0/s1. The normalized spacial score (nSPS) is 16.2. The number of carbonyl (C=O) groups is 1. The lowest BCUT2D eigenvalue weighted by atomic mass is 10.0. The maximum atomic E-state index is 12.5. The number of aryl methyl sites for hydroxylation is 1. The van der Waals surface area contributed by atoms with Crippen molar-refractivity contribution < 1.29 is 13.9 Å². The number of anilines is 2. The van der Waals surface area contributed by atoms with Crippen LogP contribution in [0.15, 0.2) is 130 Å². The molecule has 42 heavy (non-hydrogen) atoms. The highest BCUT2D eigenvalue weighted by atomic mass is 32.2. The summed E-state index contributed by atoms with van der Waals surface area (Å²) in [5.41, 5.74) is 3.59. The summed E-state index contributed by atoms with van der Waals surface area (Å²) in [4.78, 5) is 20.2. The number of aromatic nitrogens is 1. The lowest BCUT2D eigenvalue weighted by Crippen LogP contribution is -2.29. The van der Waals surface area contributed by atoms with Gasteiger partial charge in [-0.15, -0.1) is 0 Å². The van der Waals surface area contributed by atoms with E-state index in [2.05, 4.69) is 46.8 Å². The van der Waals surface area contributed by atoms with Crippen LogP contribution in [0.25, 0.3) is 0 Å². The molecule has 3 heterocycles. The van der Waals surface area contributed by atoms with Crippen LogP contribution < -0.4 is 20.3 Å². The molecule has 7 nitrogen and oxygen atoms in total. The number of carbonyl (C=O) groups excluding carboxylic acids is 1. The smallest absolute Gasteiger partial charge is 0.262 e. The summed E-state index contributed by atoms with van der Waals surface area (Å²) in [5, 5.41) is 7.70. The van der Waals surface area contributed by atoms with Gasteiger partial charge < -0.3 is 24.7 Å². The van der Waals surface area contributed by atoms with Crippen LogP contribution in [0.1, 0.15) is 29.1 Å². The molecule has 2 N–H and O–H groups in total. The number of furan rings is 1. The van der Waals surface area contributed by atoms with Crippen molar-refractivity contribution in [3.05, 3.63) is 132 Å². The zero-order chi connectivity index (χ0) is 28.9. The number of hydrogen-bond donors (Lipinski definition) is 2. The average molecular weight is 593 g/mol. The van der Waals surface area contributed by atoms with Gasteiger partial charge in [-0.1, -0.05) is 53.7 Å². The summed E-state index contributed by atoms with van der Waals surface area (Å²) in [6.07, 6.45) is 1.78. The van der Waals surface area contributed by atoms with E-state index >= 15 is 0 Å². The number of benzene rings is 3. The Morgan fingerprint density at radius 3 is 2.48 bits per heavy atom. The second-order valence-electron chi connectivity index (χ2n) is 9.77. The fraction of sp³-hybridized carbons (Fsp3) is 0.121. The summed E-state index contributed by atoms with van der Waals surface area (Å²) in [6.45, 7) is 1.99. The van der Waals surface area contributed by atoms with Gasteiger partial charge in [-0.05, 0) is 91.9 Å². The van der Waals surface area contributed by atoms with Crippen molar-refractivity contribution in [3.8, 4) is 5.75 Å². The Kier molecular flexibility index (Phi) is 8.21. The van der Waals surface area contributed by atoms with Gasteiger partial charge >= 0.3 is 0 Å². The van der Waals surface area contributed by atoms with E-state index in [4.69, 9.17) is 21.4 Å². The van der Waals surface area contributed by atoms with E-state index in [0.29, 0.717) is 16.5 Å². The molecule has 3 aromatic carbocycles. The lowest BCUT2D eigenvalue weighted by Gasteiger charge is -2.26. The molecule has 9 heteroatoms. The van der Waals surface area contributed by atoms with E-state index in [0.717, 1.165) is 27.1 Å². The second-order valence-corrected chi connectivity index (χ2v) is 11.2. The molecule has 0 saturated carbocycles. The zero-order valence-corrected chi connectivity index (χ0v) is 24.4. The topological polar surface area (TPSA) is 79.6 Å². The van der Waals surface area contributed by atoms with Gasteiger partial charge in [0.15, 0.2) is 16.8 Å². The van der Waals surface area contributed by atoms with Crippen molar-refractivity contribution in [2.75, 3.05) is 16.8 Å². The first-order chi connectivity index (χ1) is 20.5. The highest BCUT2D eigenvalue weighted by molar-refractivity contribution is 7.99. The van der Waals surface area contributed by atoms with Gasteiger partial charge in [-0.2, -0.15) is 0 Å². The molecular formula is C33H28N4O3S2. The van der Waals surface area contributed by atoms with Crippen LogP contribution in [0, 0.1) is 6.92 Å². The Morgan fingerprint density at radius 1 is 0.976 bits per heavy atom. The van der Waals surface area contributed by atoms with Crippen molar-refractivity contribution in [1.82, 2.24) is 10.3 Å². The number of pyridine rings is 1. The number of nitrogens with one attached hydrogen (secondary N) is 2. The van der Waals surface area contributed by atoms with Gasteiger partial charge in [-0.25, -0.2) is 0 Å². The Labute approximate surface area is 253 Å². The van der Waals surface area contributed by atoms with Gasteiger partial charge in [-0.3, -0.25) is 9.78 Å². The molecular weight excluding hydrogens is 565 g/mol. The van der Waals surface area contributed by atoms with Crippen LogP contribution >= 0.6 is 24.0 Å². The van der Waals surface area contributed by atoms with E-state index in [1.165, 1.54) is 5.56 Å². The van der Waals surface area contributed by atoms with Crippen molar-refractivity contribution in [2.45, 2.75) is 29.0 Å². The zero-order valence-electron chi connectivity index (χ0n) is 22.8. The minimum Gasteiger partial charge on any atom is -0.484 e. The summed E-state index contributed by atoms with van der Waals surface area (Å²) >= 11 is 7.41. The quantitative estimate of drug-likeness (QED) is 0.172. The number of amides is 1. The molecule has 0 unspecified atom stereocenters. The average Bonchev–Trinajstić information content (AvgIpc) is 3.62. The predicted octanol–water partition coefficient (Wildman–Crippen LogP) is 7.33. The van der Waals surface area contributed by atoms with Gasteiger partial charge in [0.1, 0.15) is 17.6 Å². The minimum atomic E-state index is -0.278. The van der Waals surface area contributed by atoms with Crippen LogP contribution in [-0.4, -0.2) is 22.6 Å². The highest BCUT2D eigenvalue weighted by Gasteiger charge is 2.42. The first-order valence-electron chi connectivity index (χ1n) is 13.5. The van der Waals surface area contributed by atoms with E-state index in [-0.39, 0.29) is 24.6 Å². The second kappa shape index (κ2) is 12.5. The first kappa shape index (κ1) is 27.6. The van der Waals surface area contributed by atoms with E-state index < -0.39 is 0 Å². The van der Waals surface area contributed by atoms with Gasteiger partial charge in [0.05, 0.1) is 11.7 Å². The SMILES string of the molecule is Cc1ccc(Sc2ccc([C@H]3[C@H](c4ccccn4)NC(=S)N3c3ccc(NC(=O)COc4ccccc4)cc3)o2)cc1. The molecule has 5 aromatic rings. The monoisotopic (exact) mass is 592 g/mol. The molecule has 6 rings (SSSR count). The van der Waals surface area contributed by atoms with Crippen LogP contribution in [0.4, 0.5) is 11.4 Å². The molecule has 2 aromatic heterocycles. The molecule has 1 fully saturated rings. The fourth-order valence-electron chi connectivity index (χ4n) is 4.76. The fourth-order valence-corrected chi connectivity index (χ4v) is 5.88. The molecule has 1 amide bonds. The van der Waals surface area contributed by atoms with Crippen molar-refractivity contribution in [1.29, 1.82) is 0 Å². The molecule has 0 bridgehead atoms. The molecule has 0 radical (unpaired) electrons. The van der Waals surface area contributed by atoms with Gasteiger partial charge in [0, 0.05) is 22.5 Å². The van der Waals surface area contributed by atoms with E-state index in [1.54, 1.807) is 18.0 Å². The largest absolute Gasteiger partial charge is 0.484 e. The highest BCUT2D eigenvalue weighted by Crippen LogP contribution is 2.43. The molecule has 1 aliphatic rings. The third kappa shape index (κ3) is 6.32. The Morgan fingerprint density at radius 2 is 1.74 bits per heavy atom. The Hall–Kier alpha value is -4.60. The molecule has 210 valence electrons. The number of ether oxygens (including phenoxy) is 1. The van der Waals surface area contributed by atoms with Crippen LogP contribution in [0.2, 0.25) is 0 Å². The predicted molar refractivity (Wildman–Crippen MR) is 169 cm³/mol. The molecule has 0 spiro atoms. The summed E-state index contributed by atoms with van der Waals surface area (Å²) in [5.74, 6) is 1.17. The number of hydrogen-bond acceptors (Lipinski definition) is 6. The van der Waals surface area contributed by atoms with Crippen molar-refractivity contribution in [3.63, 3.8) is 0 Å². The van der Waals surface area contributed by atoms with E-state index in [1.807, 2.05) is 89.8 Å². The Balaban J connectivity index is 1.22. The summed E-state index contributed by atoms with van der Waals surface area (Å²) in [6, 6.07) is 34.5. The van der Waals surface area contributed by atoms with Gasteiger partial charge in [0.25, 0.3) is 5.91 Å². The number of nitrogens with zero attached hydrogens (tertiary/aromatic N) is 2. The van der Waals surface area contributed by atoms with Crippen molar-refractivity contribution >= 4 is 46.4 Å². The number of rotatable bonds is 9. The molecule has 0 aliphatic carbocycles. The minimum absolute atomic E-state index is 0.0822. The molecule has 1 aliphatic heterocycles. The third-order valence-corrected chi connectivity index (χ3v) is 8.02. The molecule has 2 atom stereocenters. The van der Waals surface area contributed by atoms with E-state index in [9.17, 15) is 4.79 Å². The van der Waals surface area contributed by atoms with Crippen LogP contribution in [0.5, 0.6) is 5.75 Å². The molecule has 1 saturated heterocycles. The number of thiocarbonyl (C=S) groups is 1. The maximum absolute atomic E-state index is 12.5. The van der Waals surface area contributed by atoms with Crippen LogP contribution in [-0.2, 0) is 4.79 Å². The first-order valence-corrected chi connectivity index (χ1v) is 14.7. The van der Waals surface area contributed by atoms with Crippen LogP contribution in [0.3, 0.4) is 0 Å². The van der Waals surface area contributed by atoms with Gasteiger partial charge in [0.2, 0.25) is 0 Å². The summed E-state index contributed by atoms with van der Waals surface area (Å²) < 4.78 is 12.0. The maximum Gasteiger partial charge on any atom is 0.262 e. The number of para-hydroxylation sites is 1.